The van der Waals surface area contributed by atoms with E-state index in [4.69, 9.17) is 0 Å². The molecule has 0 aromatic heterocycles. The summed E-state index contributed by atoms with van der Waals surface area (Å²) in [5, 5.41) is 0. The van der Waals surface area contributed by atoms with E-state index in [9.17, 15) is 9.59 Å². The molecule has 1 aromatic carbocycles. The zero-order valence-electron chi connectivity index (χ0n) is 10.7. The van der Waals surface area contributed by atoms with Gasteiger partial charge in [-0.3, -0.25) is 9.59 Å². The van der Waals surface area contributed by atoms with Crippen molar-refractivity contribution >= 4 is 12.1 Å². The van der Waals surface area contributed by atoms with Gasteiger partial charge in [0.25, 0.3) is 0 Å². The number of carbonyl (C=O) groups is 2. The van der Waals surface area contributed by atoms with Gasteiger partial charge in [0.1, 0.15) is 6.29 Å². The van der Waals surface area contributed by atoms with Gasteiger partial charge in [-0.15, -0.1) is 0 Å². The number of carbonyl (C=O) groups excluding carboxylic acids is 2. The lowest BCUT2D eigenvalue weighted by atomic mass is 10.0. The van der Waals surface area contributed by atoms with Crippen molar-refractivity contribution in [3.05, 3.63) is 48.0 Å². The molecule has 0 spiro atoms. The van der Waals surface area contributed by atoms with Crippen LogP contribution in [0.15, 0.2) is 42.5 Å². The second-order valence-electron chi connectivity index (χ2n) is 4.31. The van der Waals surface area contributed by atoms with Crippen LogP contribution in [0.1, 0.15) is 48.9 Å². The van der Waals surface area contributed by atoms with E-state index in [1.807, 2.05) is 36.4 Å². The fourth-order valence-corrected chi connectivity index (χ4v) is 1.82. The smallest absolute Gasteiger partial charge is 0.162 e. The Morgan fingerprint density at radius 3 is 2.44 bits per heavy atom. The highest BCUT2D eigenvalue weighted by atomic mass is 16.1. The van der Waals surface area contributed by atoms with Crippen molar-refractivity contribution in [3.63, 3.8) is 0 Å². The van der Waals surface area contributed by atoms with E-state index in [1.54, 1.807) is 6.08 Å². The third-order valence-electron chi connectivity index (χ3n) is 2.84. The summed E-state index contributed by atoms with van der Waals surface area (Å²) in [6.07, 6.45) is 10.0. The van der Waals surface area contributed by atoms with E-state index in [1.165, 1.54) is 0 Å². The molecule has 2 heteroatoms. The molecule has 0 N–H and O–H groups in total. The topological polar surface area (TPSA) is 34.1 Å². The molecule has 0 radical (unpaired) electrons. The SMILES string of the molecule is O=C/C=C/CCCCCCC(=O)c1ccccc1. The van der Waals surface area contributed by atoms with Crippen LogP contribution in [0.25, 0.3) is 0 Å². The summed E-state index contributed by atoms with van der Waals surface area (Å²) in [4.78, 5) is 21.8. The van der Waals surface area contributed by atoms with Gasteiger partial charge < -0.3 is 0 Å². The van der Waals surface area contributed by atoms with Crippen LogP contribution in [0.2, 0.25) is 0 Å². The Morgan fingerprint density at radius 1 is 1.00 bits per heavy atom. The number of rotatable bonds is 9. The number of Topliss-reactive ketones (excluding diaryl/α,β-unsaturated/α-hetero) is 1. The molecule has 0 aliphatic carbocycles. The highest BCUT2D eigenvalue weighted by molar-refractivity contribution is 5.95. The van der Waals surface area contributed by atoms with Gasteiger partial charge in [-0.25, -0.2) is 0 Å². The van der Waals surface area contributed by atoms with Crippen molar-refractivity contribution in [2.24, 2.45) is 0 Å². The van der Waals surface area contributed by atoms with Crippen LogP contribution >= 0.6 is 0 Å². The Hall–Kier alpha value is -1.70. The Labute approximate surface area is 109 Å². The lowest BCUT2D eigenvalue weighted by Gasteiger charge is -2.01. The average Bonchev–Trinajstić information content (AvgIpc) is 2.42. The number of aldehydes is 1. The van der Waals surface area contributed by atoms with Crippen molar-refractivity contribution in [1.82, 2.24) is 0 Å². The maximum atomic E-state index is 11.8. The van der Waals surface area contributed by atoms with Crippen molar-refractivity contribution in [2.75, 3.05) is 0 Å². The molecule has 0 bridgehead atoms. The minimum Gasteiger partial charge on any atom is -0.299 e. The second-order valence-corrected chi connectivity index (χ2v) is 4.31. The fourth-order valence-electron chi connectivity index (χ4n) is 1.82. The molecule has 0 amide bonds. The molecule has 1 aromatic rings. The minimum absolute atomic E-state index is 0.233. The lowest BCUT2D eigenvalue weighted by Crippen LogP contribution is -1.98. The number of hydrogen-bond donors (Lipinski definition) is 0. The minimum atomic E-state index is 0.233. The standard InChI is InChI=1S/C16H20O2/c17-14-10-5-3-1-2-4-9-13-16(18)15-11-7-6-8-12-15/h5-8,10-12,14H,1-4,9,13H2/b10-5+. The Morgan fingerprint density at radius 2 is 1.72 bits per heavy atom. The van der Waals surface area contributed by atoms with Crippen LogP contribution in [-0.4, -0.2) is 12.1 Å². The van der Waals surface area contributed by atoms with Crippen LogP contribution in [0.5, 0.6) is 0 Å². The molecular weight excluding hydrogens is 224 g/mol. The van der Waals surface area contributed by atoms with Gasteiger partial charge >= 0.3 is 0 Å². The average molecular weight is 244 g/mol. The van der Waals surface area contributed by atoms with Gasteiger partial charge in [0.2, 0.25) is 0 Å². The Bertz CT molecular complexity index is 379. The molecule has 2 nitrogen and oxygen atoms in total. The number of allylic oxidation sites excluding steroid dienone is 2. The molecule has 0 fully saturated rings. The predicted octanol–water partition coefficient (Wildman–Crippen LogP) is 3.97. The summed E-state index contributed by atoms with van der Waals surface area (Å²) in [7, 11) is 0. The maximum Gasteiger partial charge on any atom is 0.162 e. The summed E-state index contributed by atoms with van der Waals surface area (Å²) in [5.41, 5.74) is 0.811. The van der Waals surface area contributed by atoms with E-state index >= 15 is 0 Å². The Kier molecular flexibility index (Phi) is 7.45. The van der Waals surface area contributed by atoms with Gasteiger partial charge in [-0.1, -0.05) is 49.2 Å². The Balaban J connectivity index is 2.06. The van der Waals surface area contributed by atoms with E-state index in [-0.39, 0.29) is 5.78 Å². The molecule has 1 rings (SSSR count). The van der Waals surface area contributed by atoms with Crippen molar-refractivity contribution in [1.29, 1.82) is 0 Å². The fraction of sp³-hybridized carbons (Fsp3) is 0.375. The van der Waals surface area contributed by atoms with Crippen molar-refractivity contribution < 1.29 is 9.59 Å². The summed E-state index contributed by atoms with van der Waals surface area (Å²) in [6.45, 7) is 0. The molecule has 0 saturated carbocycles. The highest BCUT2D eigenvalue weighted by Gasteiger charge is 2.03. The number of hydrogen-bond acceptors (Lipinski definition) is 2. The summed E-state index contributed by atoms with van der Waals surface area (Å²) in [6, 6.07) is 9.45. The van der Waals surface area contributed by atoms with E-state index in [2.05, 4.69) is 0 Å². The molecule has 0 aliphatic heterocycles. The number of unbranched alkanes of at least 4 members (excludes halogenated alkanes) is 4. The molecule has 0 heterocycles. The van der Waals surface area contributed by atoms with Gasteiger partial charge in [-0.2, -0.15) is 0 Å². The predicted molar refractivity (Wildman–Crippen MR) is 73.7 cm³/mol. The van der Waals surface area contributed by atoms with Crippen LogP contribution in [0.3, 0.4) is 0 Å². The van der Waals surface area contributed by atoms with Crippen molar-refractivity contribution in [2.45, 2.75) is 38.5 Å². The second kappa shape index (κ2) is 9.34. The molecule has 18 heavy (non-hydrogen) atoms. The van der Waals surface area contributed by atoms with Crippen LogP contribution in [0, 0.1) is 0 Å². The third-order valence-corrected chi connectivity index (χ3v) is 2.84. The van der Waals surface area contributed by atoms with Crippen LogP contribution in [-0.2, 0) is 4.79 Å². The maximum absolute atomic E-state index is 11.8. The zero-order chi connectivity index (χ0) is 13.1. The molecule has 0 saturated heterocycles. The quantitative estimate of drug-likeness (QED) is 0.285. The third kappa shape index (κ3) is 6.14. The normalized spacial score (nSPS) is 10.7. The summed E-state index contributed by atoms with van der Waals surface area (Å²) in [5.74, 6) is 0.233. The van der Waals surface area contributed by atoms with Crippen LogP contribution < -0.4 is 0 Å². The van der Waals surface area contributed by atoms with Gasteiger partial charge in [0.15, 0.2) is 5.78 Å². The number of benzene rings is 1. The summed E-state index contributed by atoms with van der Waals surface area (Å²) < 4.78 is 0. The first-order valence-electron chi connectivity index (χ1n) is 6.53. The first kappa shape index (κ1) is 14.4. The molecule has 0 atom stereocenters. The number of ketones is 1. The van der Waals surface area contributed by atoms with Gasteiger partial charge in [0, 0.05) is 12.0 Å². The van der Waals surface area contributed by atoms with Crippen LogP contribution in [0.4, 0.5) is 0 Å². The monoisotopic (exact) mass is 244 g/mol. The molecule has 96 valence electrons. The van der Waals surface area contributed by atoms with Gasteiger partial charge in [-0.05, 0) is 25.3 Å². The zero-order valence-corrected chi connectivity index (χ0v) is 10.7. The highest BCUT2D eigenvalue weighted by Crippen LogP contribution is 2.10. The molecular formula is C16H20O2. The lowest BCUT2D eigenvalue weighted by molar-refractivity contribution is -0.104. The van der Waals surface area contributed by atoms with E-state index in [0.717, 1.165) is 44.0 Å². The van der Waals surface area contributed by atoms with E-state index in [0.29, 0.717) is 6.42 Å². The molecule has 0 aliphatic rings. The summed E-state index contributed by atoms with van der Waals surface area (Å²) >= 11 is 0. The first-order valence-corrected chi connectivity index (χ1v) is 6.53. The van der Waals surface area contributed by atoms with Crippen molar-refractivity contribution in [3.8, 4) is 0 Å². The van der Waals surface area contributed by atoms with Gasteiger partial charge in [0.05, 0.1) is 0 Å². The molecule has 0 unspecified atom stereocenters. The van der Waals surface area contributed by atoms with E-state index < -0.39 is 0 Å². The first-order chi connectivity index (χ1) is 8.84. The largest absolute Gasteiger partial charge is 0.299 e.